The zero-order valence-electron chi connectivity index (χ0n) is 24.1. The summed E-state index contributed by atoms with van der Waals surface area (Å²) in [6, 6.07) is 9.04. The monoisotopic (exact) mass is 621 g/mol. The summed E-state index contributed by atoms with van der Waals surface area (Å²) >= 11 is 12.3. The molecule has 6 atom stereocenters. The number of hydrogen-bond donors (Lipinski definition) is 4. The van der Waals surface area contributed by atoms with Gasteiger partial charge in [-0.1, -0.05) is 80.4 Å². The highest BCUT2D eigenvalue weighted by Crippen LogP contribution is 2.54. The summed E-state index contributed by atoms with van der Waals surface area (Å²) in [4.78, 5) is 13.9. The lowest BCUT2D eigenvalue weighted by Crippen LogP contribution is -2.49. The average Bonchev–Trinajstić information content (AvgIpc) is 3.29. The maximum Gasteiger partial charge on any atom is 0.237 e. The second kappa shape index (κ2) is 13.2. The summed E-state index contributed by atoms with van der Waals surface area (Å²) in [5.74, 6) is -3.14. The van der Waals surface area contributed by atoms with E-state index < -0.39 is 52.7 Å². The van der Waals surface area contributed by atoms with E-state index in [1.54, 1.807) is 6.07 Å². The van der Waals surface area contributed by atoms with Crippen molar-refractivity contribution in [2.45, 2.75) is 94.4 Å². The van der Waals surface area contributed by atoms with Gasteiger partial charge in [0.15, 0.2) is 0 Å². The van der Waals surface area contributed by atoms with Crippen LogP contribution in [-0.4, -0.2) is 46.5 Å². The SMILES string of the molecule is CC(C1CCCCC1)[C@H]1N[C@H](C(=O)NCC[C@H](O)C(C)(C)O)[C@@H](c2cccc(Cl)c2F)[C@]1(C#N)c1ccc(Cl)cc1F. The van der Waals surface area contributed by atoms with Gasteiger partial charge < -0.3 is 20.8 Å². The third-order valence-corrected chi connectivity index (χ3v) is 9.81. The number of benzene rings is 2. The molecule has 2 aromatic carbocycles. The minimum Gasteiger partial charge on any atom is -0.390 e. The molecular formula is C32H39Cl2F2N3O3. The number of nitrogens with zero attached hydrogens (tertiary/aromatic N) is 1. The Kier molecular flexibility index (Phi) is 10.2. The Labute approximate surface area is 256 Å². The predicted molar refractivity (Wildman–Crippen MR) is 159 cm³/mol. The lowest BCUT2D eigenvalue weighted by molar-refractivity contribution is -0.123. The maximum absolute atomic E-state index is 15.9. The van der Waals surface area contributed by atoms with Crippen molar-refractivity contribution < 1.29 is 23.8 Å². The van der Waals surface area contributed by atoms with Crippen LogP contribution in [0.5, 0.6) is 0 Å². The van der Waals surface area contributed by atoms with Crippen LogP contribution in [0.1, 0.15) is 76.3 Å². The van der Waals surface area contributed by atoms with Crippen LogP contribution in [0.15, 0.2) is 36.4 Å². The van der Waals surface area contributed by atoms with E-state index in [2.05, 4.69) is 16.7 Å². The largest absolute Gasteiger partial charge is 0.390 e. The highest BCUT2D eigenvalue weighted by molar-refractivity contribution is 6.31. The predicted octanol–water partition coefficient (Wildman–Crippen LogP) is 6.01. The van der Waals surface area contributed by atoms with Crippen LogP contribution in [-0.2, 0) is 10.2 Å². The van der Waals surface area contributed by atoms with E-state index >= 15 is 8.78 Å². The van der Waals surface area contributed by atoms with Crippen LogP contribution in [0.4, 0.5) is 8.78 Å². The molecule has 1 amide bonds. The molecule has 1 heterocycles. The molecule has 10 heteroatoms. The van der Waals surface area contributed by atoms with Gasteiger partial charge in [-0.05, 0) is 55.9 Å². The Bertz CT molecular complexity index is 1330. The first-order valence-electron chi connectivity index (χ1n) is 14.6. The lowest BCUT2D eigenvalue weighted by Gasteiger charge is -2.41. The van der Waals surface area contributed by atoms with Crippen molar-refractivity contribution in [1.29, 1.82) is 5.26 Å². The normalized spacial score (nSPS) is 26.4. The number of nitriles is 1. The van der Waals surface area contributed by atoms with Gasteiger partial charge in [-0.15, -0.1) is 0 Å². The average molecular weight is 623 g/mol. The number of amides is 1. The third-order valence-electron chi connectivity index (χ3n) is 9.29. The first kappa shape index (κ1) is 32.6. The molecule has 0 bridgehead atoms. The van der Waals surface area contributed by atoms with Gasteiger partial charge in [-0.25, -0.2) is 8.78 Å². The number of rotatable bonds is 9. The van der Waals surface area contributed by atoms with E-state index in [1.807, 2.05) is 6.92 Å². The number of aliphatic hydroxyl groups is 2. The second-order valence-electron chi connectivity index (χ2n) is 12.4. The number of halogens is 4. The third kappa shape index (κ3) is 6.32. The van der Waals surface area contributed by atoms with E-state index in [1.165, 1.54) is 38.1 Å². The van der Waals surface area contributed by atoms with Gasteiger partial charge >= 0.3 is 0 Å². The van der Waals surface area contributed by atoms with Crippen LogP contribution >= 0.6 is 23.2 Å². The molecule has 0 radical (unpaired) electrons. The Morgan fingerprint density at radius 2 is 1.90 bits per heavy atom. The van der Waals surface area contributed by atoms with E-state index in [-0.39, 0.29) is 46.0 Å². The maximum atomic E-state index is 15.9. The van der Waals surface area contributed by atoms with Crippen LogP contribution in [0, 0.1) is 34.8 Å². The van der Waals surface area contributed by atoms with Gasteiger partial charge in [0.25, 0.3) is 0 Å². The first-order chi connectivity index (χ1) is 19.8. The minimum absolute atomic E-state index is 0.0185. The van der Waals surface area contributed by atoms with Gasteiger partial charge in [0, 0.05) is 29.1 Å². The summed E-state index contributed by atoms with van der Waals surface area (Å²) in [5, 5.41) is 37.6. The quantitative estimate of drug-likeness (QED) is 0.274. The van der Waals surface area contributed by atoms with E-state index in [0.717, 1.165) is 38.2 Å². The second-order valence-corrected chi connectivity index (χ2v) is 13.2. The number of carbonyl (C=O) groups excluding carboxylic acids is 1. The van der Waals surface area contributed by atoms with Crippen molar-refractivity contribution >= 4 is 29.1 Å². The molecule has 4 rings (SSSR count). The van der Waals surface area contributed by atoms with Crippen molar-refractivity contribution in [3.8, 4) is 6.07 Å². The zero-order chi connectivity index (χ0) is 30.8. The topological polar surface area (TPSA) is 105 Å². The fraction of sp³-hybridized carbons (Fsp3) is 0.562. The van der Waals surface area contributed by atoms with E-state index in [9.17, 15) is 20.3 Å². The number of hydrogen-bond acceptors (Lipinski definition) is 5. The smallest absolute Gasteiger partial charge is 0.237 e. The summed E-state index contributed by atoms with van der Waals surface area (Å²) in [7, 11) is 0. The summed E-state index contributed by atoms with van der Waals surface area (Å²) in [5.41, 5.74) is -3.01. The fourth-order valence-corrected chi connectivity index (χ4v) is 7.28. The van der Waals surface area contributed by atoms with E-state index in [4.69, 9.17) is 23.2 Å². The van der Waals surface area contributed by atoms with Gasteiger partial charge in [0.05, 0.1) is 28.8 Å². The lowest BCUT2D eigenvalue weighted by atomic mass is 9.60. The van der Waals surface area contributed by atoms with Gasteiger partial charge in [0.2, 0.25) is 5.91 Å². The Hall–Kier alpha value is -2.28. The Balaban J connectivity index is 1.86. The number of nitrogens with one attached hydrogen (secondary N) is 2. The summed E-state index contributed by atoms with van der Waals surface area (Å²) in [6.07, 6.45) is 4.03. The van der Waals surface area contributed by atoms with Crippen LogP contribution in [0.2, 0.25) is 10.0 Å². The molecule has 1 aliphatic heterocycles. The fourth-order valence-electron chi connectivity index (χ4n) is 6.94. The molecule has 1 unspecified atom stereocenters. The summed E-state index contributed by atoms with van der Waals surface area (Å²) < 4.78 is 31.7. The van der Waals surface area contributed by atoms with E-state index in [0.29, 0.717) is 0 Å². The van der Waals surface area contributed by atoms with Crippen molar-refractivity contribution in [3.63, 3.8) is 0 Å². The standard InChI is InChI=1S/C32H39Cl2F2N3O3/c1-18(19-8-5-4-6-9-19)29-32(17-37,22-13-12-20(33)16-24(22)35)26(21-10-7-11-23(34)27(21)36)28(39-29)30(41)38-15-14-25(40)31(2,3)42/h7,10-13,16,18-19,25-26,28-29,39-40,42H,4-6,8-9,14-15H2,1-3H3,(H,38,41)/t18?,25-,26+,28-,29+,32-/m0/s1. The molecule has 6 nitrogen and oxygen atoms in total. The Morgan fingerprint density at radius 1 is 1.21 bits per heavy atom. The van der Waals surface area contributed by atoms with Crippen LogP contribution in [0.3, 0.4) is 0 Å². The molecule has 2 aliphatic rings. The molecule has 42 heavy (non-hydrogen) atoms. The highest BCUT2D eigenvalue weighted by Gasteiger charge is 2.62. The molecule has 0 spiro atoms. The molecule has 0 aromatic heterocycles. The molecule has 228 valence electrons. The van der Waals surface area contributed by atoms with Crippen LogP contribution < -0.4 is 10.6 Å². The first-order valence-corrected chi connectivity index (χ1v) is 15.3. The molecule has 4 N–H and O–H groups in total. The molecule has 1 aliphatic carbocycles. The van der Waals surface area contributed by atoms with Gasteiger partial charge in [0.1, 0.15) is 17.0 Å². The molecule has 2 aromatic rings. The molecule has 1 saturated heterocycles. The Morgan fingerprint density at radius 3 is 2.52 bits per heavy atom. The van der Waals surface area contributed by atoms with Crippen LogP contribution in [0.25, 0.3) is 0 Å². The highest BCUT2D eigenvalue weighted by atomic mass is 35.5. The molecule has 1 saturated carbocycles. The van der Waals surface area contributed by atoms with Crippen molar-refractivity contribution in [1.82, 2.24) is 10.6 Å². The van der Waals surface area contributed by atoms with Gasteiger partial charge in [-0.2, -0.15) is 5.26 Å². The zero-order valence-corrected chi connectivity index (χ0v) is 25.7. The van der Waals surface area contributed by atoms with Crippen molar-refractivity contribution in [3.05, 3.63) is 69.2 Å². The molecule has 2 fully saturated rings. The number of aliphatic hydroxyl groups excluding tert-OH is 1. The minimum atomic E-state index is -1.70. The van der Waals surface area contributed by atoms with Crippen molar-refractivity contribution in [2.24, 2.45) is 11.8 Å². The van der Waals surface area contributed by atoms with Gasteiger partial charge in [-0.3, -0.25) is 4.79 Å². The summed E-state index contributed by atoms with van der Waals surface area (Å²) in [6.45, 7) is 4.97. The van der Waals surface area contributed by atoms with Crippen molar-refractivity contribution in [2.75, 3.05) is 6.54 Å². The number of carbonyl (C=O) groups is 1. The molecular weight excluding hydrogens is 583 g/mol.